The second-order valence-corrected chi connectivity index (χ2v) is 3.57. The molecular weight excluding hydrogens is 150 g/mol. The number of nitrogens with two attached hydrogens (primary N) is 1. The monoisotopic (exact) mass is 169 g/mol. The first kappa shape index (κ1) is 9.36. The Morgan fingerprint density at radius 2 is 2.33 bits per heavy atom. The van der Waals surface area contributed by atoms with Crippen LogP contribution in [0.5, 0.6) is 0 Å². The second kappa shape index (κ2) is 4.33. The molecule has 0 aromatic heterocycles. The molecule has 0 amide bonds. The first-order valence-electron chi connectivity index (χ1n) is 4.80. The quantitative estimate of drug-likeness (QED) is 0.491. The van der Waals surface area contributed by atoms with Crippen LogP contribution in [-0.4, -0.2) is 18.5 Å². The fourth-order valence-corrected chi connectivity index (χ4v) is 1.35. The highest BCUT2D eigenvalue weighted by Crippen LogP contribution is 2.25. The zero-order valence-electron chi connectivity index (χ0n) is 8.01. The standard InChI is InChI=1S/C9H19N3/c1-3-6-11-9(10)12-8-5-4-7(8)2/h7-8H,3-6H2,1-2H3,(H3,10,11,12). The summed E-state index contributed by atoms with van der Waals surface area (Å²) in [5.74, 6) is 1.38. The Morgan fingerprint density at radius 3 is 2.75 bits per heavy atom. The Bertz CT molecular complexity index is 165. The van der Waals surface area contributed by atoms with Gasteiger partial charge in [0.1, 0.15) is 0 Å². The zero-order chi connectivity index (χ0) is 8.97. The highest BCUT2D eigenvalue weighted by molar-refractivity contribution is 5.78. The number of rotatable bonds is 3. The van der Waals surface area contributed by atoms with Gasteiger partial charge in [0.2, 0.25) is 0 Å². The van der Waals surface area contributed by atoms with E-state index in [9.17, 15) is 0 Å². The van der Waals surface area contributed by atoms with Crippen molar-refractivity contribution >= 4 is 5.96 Å². The van der Waals surface area contributed by atoms with Crippen LogP contribution in [-0.2, 0) is 0 Å². The number of nitrogens with one attached hydrogen (secondary N) is 1. The van der Waals surface area contributed by atoms with Crippen molar-refractivity contribution in [3.63, 3.8) is 0 Å². The van der Waals surface area contributed by atoms with Gasteiger partial charge in [0.05, 0.1) is 0 Å². The van der Waals surface area contributed by atoms with Crippen molar-refractivity contribution in [3.8, 4) is 0 Å². The summed E-state index contributed by atoms with van der Waals surface area (Å²) in [7, 11) is 0. The molecule has 0 spiro atoms. The normalized spacial score (nSPS) is 29.7. The number of guanidine groups is 1. The van der Waals surface area contributed by atoms with E-state index in [0.29, 0.717) is 12.0 Å². The predicted octanol–water partition coefficient (Wildman–Crippen LogP) is 1.10. The van der Waals surface area contributed by atoms with Crippen molar-refractivity contribution in [3.05, 3.63) is 0 Å². The third-order valence-corrected chi connectivity index (χ3v) is 2.46. The summed E-state index contributed by atoms with van der Waals surface area (Å²) in [5, 5.41) is 3.23. The van der Waals surface area contributed by atoms with Crippen molar-refractivity contribution < 1.29 is 0 Å². The summed E-state index contributed by atoms with van der Waals surface area (Å²) in [5.41, 5.74) is 5.67. The second-order valence-electron chi connectivity index (χ2n) is 3.57. The van der Waals surface area contributed by atoms with E-state index in [1.807, 2.05) is 0 Å². The lowest BCUT2D eigenvalue weighted by Gasteiger charge is -2.34. The number of hydrogen-bond donors (Lipinski definition) is 2. The van der Waals surface area contributed by atoms with Crippen LogP contribution in [0.3, 0.4) is 0 Å². The fraction of sp³-hybridized carbons (Fsp3) is 0.889. The zero-order valence-corrected chi connectivity index (χ0v) is 8.01. The van der Waals surface area contributed by atoms with Gasteiger partial charge < -0.3 is 11.1 Å². The molecule has 0 aromatic carbocycles. The molecule has 1 aliphatic carbocycles. The van der Waals surface area contributed by atoms with E-state index in [2.05, 4.69) is 24.2 Å². The summed E-state index contributed by atoms with van der Waals surface area (Å²) in [6.07, 6.45) is 3.62. The van der Waals surface area contributed by atoms with Gasteiger partial charge in [0, 0.05) is 12.6 Å². The van der Waals surface area contributed by atoms with Gasteiger partial charge in [0.25, 0.3) is 0 Å². The molecule has 3 N–H and O–H groups in total. The van der Waals surface area contributed by atoms with Crippen LogP contribution in [0.4, 0.5) is 0 Å². The first-order valence-corrected chi connectivity index (χ1v) is 4.80. The van der Waals surface area contributed by atoms with Gasteiger partial charge in [-0.3, -0.25) is 4.99 Å². The fourth-order valence-electron chi connectivity index (χ4n) is 1.35. The van der Waals surface area contributed by atoms with Crippen LogP contribution in [0.25, 0.3) is 0 Å². The van der Waals surface area contributed by atoms with Crippen molar-refractivity contribution in [2.24, 2.45) is 16.6 Å². The van der Waals surface area contributed by atoms with Crippen molar-refractivity contribution in [2.45, 2.75) is 39.2 Å². The average Bonchev–Trinajstić information content (AvgIpc) is 2.08. The van der Waals surface area contributed by atoms with Crippen LogP contribution >= 0.6 is 0 Å². The maximum absolute atomic E-state index is 5.67. The van der Waals surface area contributed by atoms with Crippen molar-refractivity contribution in [1.82, 2.24) is 5.32 Å². The molecule has 0 saturated heterocycles. The van der Waals surface area contributed by atoms with Gasteiger partial charge in [0.15, 0.2) is 5.96 Å². The minimum atomic E-state index is 0.575. The molecule has 1 saturated carbocycles. The Hall–Kier alpha value is -0.730. The summed E-state index contributed by atoms with van der Waals surface area (Å²) in [6.45, 7) is 5.18. The lowest BCUT2D eigenvalue weighted by atomic mass is 9.81. The van der Waals surface area contributed by atoms with Gasteiger partial charge in [-0.2, -0.15) is 0 Å². The summed E-state index contributed by atoms with van der Waals surface area (Å²) < 4.78 is 0. The predicted molar refractivity (Wildman–Crippen MR) is 52.1 cm³/mol. The maximum atomic E-state index is 5.67. The van der Waals surface area contributed by atoms with Crippen molar-refractivity contribution in [2.75, 3.05) is 6.54 Å². The van der Waals surface area contributed by atoms with Gasteiger partial charge >= 0.3 is 0 Å². The van der Waals surface area contributed by atoms with E-state index in [1.165, 1.54) is 12.8 Å². The van der Waals surface area contributed by atoms with E-state index in [-0.39, 0.29) is 0 Å². The smallest absolute Gasteiger partial charge is 0.188 e. The van der Waals surface area contributed by atoms with E-state index < -0.39 is 0 Å². The molecule has 0 radical (unpaired) electrons. The molecule has 0 heterocycles. The third kappa shape index (κ3) is 2.40. The Balaban J connectivity index is 2.20. The molecule has 12 heavy (non-hydrogen) atoms. The number of nitrogens with zero attached hydrogens (tertiary/aromatic N) is 1. The molecule has 0 bridgehead atoms. The lowest BCUT2D eigenvalue weighted by Crippen LogP contribution is -2.48. The SMILES string of the molecule is CCCN=C(N)NC1CCC1C. The highest BCUT2D eigenvalue weighted by atomic mass is 15.1. The van der Waals surface area contributed by atoms with Crippen LogP contribution in [0.1, 0.15) is 33.1 Å². The average molecular weight is 169 g/mol. The molecule has 3 nitrogen and oxygen atoms in total. The number of hydrogen-bond acceptors (Lipinski definition) is 1. The molecule has 1 fully saturated rings. The largest absolute Gasteiger partial charge is 0.370 e. The van der Waals surface area contributed by atoms with E-state index in [1.54, 1.807) is 0 Å². The molecular formula is C9H19N3. The van der Waals surface area contributed by atoms with Crippen LogP contribution in [0.15, 0.2) is 4.99 Å². The first-order chi connectivity index (χ1) is 5.74. The molecule has 1 rings (SSSR count). The van der Waals surface area contributed by atoms with E-state index in [4.69, 9.17) is 5.73 Å². The Kier molecular flexibility index (Phi) is 3.38. The molecule has 0 aliphatic heterocycles. The molecule has 2 unspecified atom stereocenters. The molecule has 1 aliphatic rings. The topological polar surface area (TPSA) is 50.4 Å². The Labute approximate surface area is 74.4 Å². The van der Waals surface area contributed by atoms with Crippen molar-refractivity contribution in [1.29, 1.82) is 0 Å². The van der Waals surface area contributed by atoms with Gasteiger partial charge in [-0.15, -0.1) is 0 Å². The minimum absolute atomic E-state index is 0.575. The minimum Gasteiger partial charge on any atom is -0.370 e. The van der Waals surface area contributed by atoms with Crippen LogP contribution in [0.2, 0.25) is 0 Å². The van der Waals surface area contributed by atoms with Crippen LogP contribution in [0, 0.1) is 5.92 Å². The highest BCUT2D eigenvalue weighted by Gasteiger charge is 2.26. The third-order valence-electron chi connectivity index (χ3n) is 2.46. The van der Waals surface area contributed by atoms with Gasteiger partial charge in [-0.05, 0) is 25.2 Å². The summed E-state index contributed by atoms with van der Waals surface area (Å²) in [4.78, 5) is 4.18. The summed E-state index contributed by atoms with van der Waals surface area (Å²) in [6, 6.07) is 0.575. The molecule has 2 atom stereocenters. The summed E-state index contributed by atoms with van der Waals surface area (Å²) >= 11 is 0. The van der Waals surface area contributed by atoms with Gasteiger partial charge in [-0.25, -0.2) is 0 Å². The lowest BCUT2D eigenvalue weighted by molar-refractivity contribution is 0.257. The number of aliphatic imine (C=N–C) groups is 1. The van der Waals surface area contributed by atoms with E-state index >= 15 is 0 Å². The molecule has 70 valence electrons. The Morgan fingerprint density at radius 1 is 1.58 bits per heavy atom. The van der Waals surface area contributed by atoms with Crippen LogP contribution < -0.4 is 11.1 Å². The molecule has 0 aromatic rings. The maximum Gasteiger partial charge on any atom is 0.188 e. The van der Waals surface area contributed by atoms with Gasteiger partial charge in [-0.1, -0.05) is 13.8 Å². The molecule has 3 heteroatoms. The van der Waals surface area contributed by atoms with E-state index in [0.717, 1.165) is 18.9 Å².